The van der Waals surface area contributed by atoms with E-state index in [2.05, 4.69) is 32.8 Å². The Morgan fingerprint density at radius 2 is 2.05 bits per heavy atom. The zero-order valence-corrected chi connectivity index (χ0v) is 14.2. The molecule has 3 nitrogen and oxygen atoms in total. The lowest BCUT2D eigenvalue weighted by atomic mass is 9.63. The zero-order chi connectivity index (χ0) is 15.1. The maximum absolute atomic E-state index is 6.76. The topological polar surface area (TPSA) is 43.8 Å². The van der Waals surface area contributed by atoms with Crippen molar-refractivity contribution in [3.8, 4) is 0 Å². The molecule has 20 heavy (non-hydrogen) atoms. The lowest BCUT2D eigenvalue weighted by Gasteiger charge is -2.45. The Balaban J connectivity index is 2.28. The van der Waals surface area contributed by atoms with Gasteiger partial charge in [-0.25, -0.2) is 0 Å². The summed E-state index contributed by atoms with van der Waals surface area (Å²) in [5.41, 5.74) is 8.93. The summed E-state index contributed by atoms with van der Waals surface area (Å²) in [5.74, 6) is 0.668. The minimum Gasteiger partial charge on any atom is -0.325 e. The largest absolute Gasteiger partial charge is 0.325 e. The second-order valence-corrected chi connectivity index (χ2v) is 7.93. The van der Waals surface area contributed by atoms with Gasteiger partial charge in [0, 0.05) is 18.5 Å². The van der Waals surface area contributed by atoms with Gasteiger partial charge in [-0.3, -0.25) is 4.68 Å². The molecular formula is C16H28ClN3. The molecule has 1 aliphatic carbocycles. The van der Waals surface area contributed by atoms with Gasteiger partial charge >= 0.3 is 0 Å². The van der Waals surface area contributed by atoms with Crippen molar-refractivity contribution in [3.05, 3.63) is 16.4 Å². The summed E-state index contributed by atoms with van der Waals surface area (Å²) in [6.45, 7) is 11.9. The Morgan fingerprint density at radius 1 is 1.40 bits per heavy atom. The van der Waals surface area contributed by atoms with E-state index in [1.807, 2.05) is 11.6 Å². The molecule has 4 heteroatoms. The zero-order valence-electron chi connectivity index (χ0n) is 13.5. The average Bonchev–Trinajstić information content (AvgIpc) is 2.53. The van der Waals surface area contributed by atoms with Crippen molar-refractivity contribution >= 4 is 11.6 Å². The summed E-state index contributed by atoms with van der Waals surface area (Å²) in [7, 11) is 0. The molecule has 1 aromatic rings. The molecule has 1 aliphatic rings. The standard InChI is InChI=1S/C16H28ClN3/c1-6-20-13(14(17)12(3)19-20)9-16(18)8-11(2)7-15(4,5)10-16/h11H,6-10,18H2,1-5H3. The molecule has 0 aromatic carbocycles. The highest BCUT2D eigenvalue weighted by molar-refractivity contribution is 6.31. The highest BCUT2D eigenvalue weighted by Crippen LogP contribution is 2.44. The lowest BCUT2D eigenvalue weighted by Crippen LogP contribution is -2.51. The first kappa shape index (κ1) is 15.8. The van der Waals surface area contributed by atoms with Gasteiger partial charge in [0.25, 0.3) is 0 Å². The first-order valence-corrected chi connectivity index (χ1v) is 8.04. The molecule has 2 rings (SSSR count). The van der Waals surface area contributed by atoms with Crippen molar-refractivity contribution in [2.45, 2.75) is 72.4 Å². The Bertz CT molecular complexity index is 492. The van der Waals surface area contributed by atoms with Crippen molar-refractivity contribution in [1.82, 2.24) is 9.78 Å². The normalized spacial score (nSPS) is 29.6. The fraction of sp³-hybridized carbons (Fsp3) is 0.812. The molecule has 0 bridgehead atoms. The summed E-state index contributed by atoms with van der Waals surface area (Å²) in [4.78, 5) is 0. The molecule has 0 spiro atoms. The van der Waals surface area contributed by atoms with Crippen molar-refractivity contribution in [2.75, 3.05) is 0 Å². The van der Waals surface area contributed by atoms with Crippen LogP contribution < -0.4 is 5.73 Å². The third kappa shape index (κ3) is 3.20. The van der Waals surface area contributed by atoms with Crippen molar-refractivity contribution < 1.29 is 0 Å². The van der Waals surface area contributed by atoms with Gasteiger partial charge in [0.05, 0.1) is 16.4 Å². The van der Waals surface area contributed by atoms with Crippen LogP contribution in [0.3, 0.4) is 0 Å². The Hall–Kier alpha value is -0.540. The molecule has 0 aliphatic heterocycles. The molecule has 2 N–H and O–H groups in total. The fourth-order valence-electron chi connectivity index (χ4n) is 4.31. The molecule has 1 aromatic heterocycles. The van der Waals surface area contributed by atoms with Crippen LogP contribution in [0.15, 0.2) is 0 Å². The van der Waals surface area contributed by atoms with E-state index < -0.39 is 0 Å². The van der Waals surface area contributed by atoms with E-state index in [9.17, 15) is 0 Å². The molecule has 0 saturated heterocycles. The van der Waals surface area contributed by atoms with Crippen LogP contribution in [0.2, 0.25) is 5.02 Å². The molecule has 0 amide bonds. The highest BCUT2D eigenvalue weighted by atomic mass is 35.5. The van der Waals surface area contributed by atoms with Crippen LogP contribution in [-0.2, 0) is 13.0 Å². The van der Waals surface area contributed by atoms with E-state index >= 15 is 0 Å². The van der Waals surface area contributed by atoms with Crippen LogP contribution in [0.4, 0.5) is 0 Å². The van der Waals surface area contributed by atoms with Crippen LogP contribution in [-0.4, -0.2) is 15.3 Å². The first-order chi connectivity index (χ1) is 9.16. The summed E-state index contributed by atoms with van der Waals surface area (Å²) in [6, 6.07) is 0. The maximum atomic E-state index is 6.76. The minimum absolute atomic E-state index is 0.162. The van der Waals surface area contributed by atoms with Crippen molar-refractivity contribution in [1.29, 1.82) is 0 Å². The predicted octanol–water partition coefficient (Wildman–Crippen LogP) is 3.95. The third-order valence-corrected chi connectivity index (χ3v) is 4.95. The second-order valence-electron chi connectivity index (χ2n) is 7.56. The van der Waals surface area contributed by atoms with Crippen LogP contribution in [0.25, 0.3) is 0 Å². The Labute approximate surface area is 127 Å². The van der Waals surface area contributed by atoms with Gasteiger partial charge in [0.1, 0.15) is 0 Å². The second kappa shape index (κ2) is 5.34. The number of nitrogens with zero attached hydrogens (tertiary/aromatic N) is 2. The van der Waals surface area contributed by atoms with E-state index in [1.165, 1.54) is 6.42 Å². The minimum atomic E-state index is -0.162. The van der Waals surface area contributed by atoms with Crippen LogP contribution >= 0.6 is 11.6 Å². The third-order valence-electron chi connectivity index (χ3n) is 4.46. The van der Waals surface area contributed by atoms with E-state index in [0.29, 0.717) is 11.3 Å². The molecular weight excluding hydrogens is 270 g/mol. The number of aryl methyl sites for hydroxylation is 2. The van der Waals surface area contributed by atoms with Crippen molar-refractivity contribution in [2.24, 2.45) is 17.1 Å². The van der Waals surface area contributed by atoms with Gasteiger partial charge in [-0.15, -0.1) is 0 Å². The predicted molar refractivity (Wildman–Crippen MR) is 85.1 cm³/mol. The molecule has 1 saturated carbocycles. The van der Waals surface area contributed by atoms with E-state index in [4.69, 9.17) is 17.3 Å². The van der Waals surface area contributed by atoms with Gasteiger partial charge in [-0.2, -0.15) is 5.10 Å². The summed E-state index contributed by atoms with van der Waals surface area (Å²) >= 11 is 6.44. The number of nitrogens with two attached hydrogens (primary N) is 1. The SMILES string of the molecule is CCn1nc(C)c(Cl)c1CC1(N)CC(C)CC(C)(C)C1. The van der Waals surface area contributed by atoms with Crippen LogP contribution in [0.5, 0.6) is 0 Å². The maximum Gasteiger partial charge on any atom is 0.0847 e. The van der Waals surface area contributed by atoms with Gasteiger partial charge in [-0.1, -0.05) is 32.4 Å². The molecule has 1 fully saturated rings. The van der Waals surface area contributed by atoms with Crippen LogP contribution in [0.1, 0.15) is 58.3 Å². The van der Waals surface area contributed by atoms with Gasteiger partial charge < -0.3 is 5.73 Å². The molecule has 2 unspecified atom stereocenters. The summed E-state index contributed by atoms with van der Waals surface area (Å²) in [5, 5.41) is 5.31. The van der Waals surface area contributed by atoms with Gasteiger partial charge in [0.2, 0.25) is 0 Å². The molecule has 2 atom stereocenters. The van der Waals surface area contributed by atoms with Crippen LogP contribution in [0, 0.1) is 18.3 Å². The number of aromatic nitrogens is 2. The molecule has 1 heterocycles. The number of halogens is 1. The lowest BCUT2D eigenvalue weighted by molar-refractivity contribution is 0.107. The fourth-order valence-corrected chi connectivity index (χ4v) is 4.52. The highest BCUT2D eigenvalue weighted by Gasteiger charge is 2.41. The van der Waals surface area contributed by atoms with E-state index in [-0.39, 0.29) is 5.54 Å². The molecule has 114 valence electrons. The summed E-state index contributed by atoms with van der Waals surface area (Å²) in [6.07, 6.45) is 4.20. The number of hydrogen-bond donors (Lipinski definition) is 1. The first-order valence-electron chi connectivity index (χ1n) is 7.66. The monoisotopic (exact) mass is 297 g/mol. The Morgan fingerprint density at radius 3 is 2.60 bits per heavy atom. The number of rotatable bonds is 3. The van der Waals surface area contributed by atoms with Gasteiger partial charge in [-0.05, 0) is 44.4 Å². The van der Waals surface area contributed by atoms with E-state index in [0.717, 1.165) is 42.2 Å². The smallest absolute Gasteiger partial charge is 0.0847 e. The quantitative estimate of drug-likeness (QED) is 0.918. The average molecular weight is 298 g/mol. The molecule has 0 radical (unpaired) electrons. The van der Waals surface area contributed by atoms with Gasteiger partial charge in [0.15, 0.2) is 0 Å². The summed E-state index contributed by atoms with van der Waals surface area (Å²) < 4.78 is 2.01. The van der Waals surface area contributed by atoms with E-state index in [1.54, 1.807) is 0 Å². The number of hydrogen-bond acceptors (Lipinski definition) is 2. The Kier molecular flexibility index (Phi) is 4.23. The van der Waals surface area contributed by atoms with Crippen molar-refractivity contribution in [3.63, 3.8) is 0 Å².